The Morgan fingerprint density at radius 1 is 1.22 bits per heavy atom. The zero-order valence-corrected chi connectivity index (χ0v) is 15.7. The number of amides is 2. The van der Waals surface area contributed by atoms with Crippen molar-refractivity contribution < 1.29 is 14.1 Å². The number of para-hydroxylation sites is 2. The highest BCUT2D eigenvalue weighted by atomic mass is 35.5. The van der Waals surface area contributed by atoms with E-state index in [9.17, 15) is 4.79 Å². The van der Waals surface area contributed by atoms with Crippen LogP contribution in [0.4, 0.5) is 10.5 Å². The van der Waals surface area contributed by atoms with Crippen molar-refractivity contribution in [2.75, 3.05) is 19.0 Å². The number of nitrogens with one attached hydrogen (secondary N) is 1. The van der Waals surface area contributed by atoms with Gasteiger partial charge in [0.25, 0.3) is 0 Å². The van der Waals surface area contributed by atoms with Crippen molar-refractivity contribution in [1.29, 1.82) is 0 Å². The predicted octanol–water partition coefficient (Wildman–Crippen LogP) is 4.45. The van der Waals surface area contributed by atoms with Gasteiger partial charge in [-0.25, -0.2) is 4.79 Å². The number of hydrogen-bond donors (Lipinski definition) is 1. The first kappa shape index (κ1) is 18.7. The van der Waals surface area contributed by atoms with Crippen molar-refractivity contribution in [3.63, 3.8) is 0 Å². The van der Waals surface area contributed by atoms with Gasteiger partial charge in [-0.3, -0.25) is 0 Å². The van der Waals surface area contributed by atoms with Crippen LogP contribution in [0, 0.1) is 0 Å². The zero-order valence-electron chi connectivity index (χ0n) is 15.0. The van der Waals surface area contributed by atoms with Crippen molar-refractivity contribution >= 4 is 23.3 Å². The minimum Gasteiger partial charge on any atom is -0.495 e. The van der Waals surface area contributed by atoms with Crippen LogP contribution >= 0.6 is 11.6 Å². The number of hydrogen-bond acceptors (Lipinski definition) is 5. The highest BCUT2D eigenvalue weighted by Crippen LogP contribution is 2.24. The van der Waals surface area contributed by atoms with Crippen LogP contribution in [-0.4, -0.2) is 34.7 Å². The number of carbonyl (C=O) groups is 1. The number of ether oxygens (including phenoxy) is 1. The number of halogens is 1. The molecule has 0 aliphatic carbocycles. The summed E-state index contributed by atoms with van der Waals surface area (Å²) in [6.45, 7) is 2.54. The molecular weight excluding hydrogens is 368 g/mol. The molecule has 0 saturated carbocycles. The van der Waals surface area contributed by atoms with Crippen LogP contribution in [0.25, 0.3) is 11.4 Å². The summed E-state index contributed by atoms with van der Waals surface area (Å²) in [5.74, 6) is 1.38. The normalized spacial score (nSPS) is 10.5. The first-order valence-corrected chi connectivity index (χ1v) is 8.76. The molecule has 2 amide bonds. The van der Waals surface area contributed by atoms with Crippen LogP contribution in [0.1, 0.15) is 12.8 Å². The highest BCUT2D eigenvalue weighted by molar-refractivity contribution is 6.30. The number of benzene rings is 2. The molecule has 3 aromatic rings. The topological polar surface area (TPSA) is 80.5 Å². The SMILES string of the molecule is CCN(Cc1nc(-c2ccc(Cl)cc2)no1)C(=O)Nc1ccccc1OC. The van der Waals surface area contributed by atoms with E-state index >= 15 is 0 Å². The maximum absolute atomic E-state index is 12.6. The molecule has 140 valence electrons. The molecule has 0 atom stereocenters. The molecule has 0 fully saturated rings. The van der Waals surface area contributed by atoms with Gasteiger partial charge in [0.05, 0.1) is 12.8 Å². The first-order chi connectivity index (χ1) is 13.1. The highest BCUT2D eigenvalue weighted by Gasteiger charge is 2.18. The van der Waals surface area contributed by atoms with Crippen LogP contribution < -0.4 is 10.1 Å². The van der Waals surface area contributed by atoms with Crippen LogP contribution in [0.5, 0.6) is 5.75 Å². The Hall–Kier alpha value is -3.06. The largest absolute Gasteiger partial charge is 0.495 e. The van der Waals surface area contributed by atoms with Crippen LogP contribution in [-0.2, 0) is 6.54 Å². The van der Waals surface area contributed by atoms with Crippen molar-refractivity contribution in [3.05, 3.63) is 59.4 Å². The summed E-state index contributed by atoms with van der Waals surface area (Å²) >= 11 is 5.89. The van der Waals surface area contributed by atoms with Gasteiger partial charge in [0.1, 0.15) is 12.3 Å². The van der Waals surface area contributed by atoms with E-state index in [0.29, 0.717) is 34.7 Å². The summed E-state index contributed by atoms with van der Waals surface area (Å²) in [4.78, 5) is 18.5. The van der Waals surface area contributed by atoms with Crippen molar-refractivity contribution in [2.24, 2.45) is 0 Å². The second-order valence-corrected chi connectivity index (χ2v) is 6.10. The first-order valence-electron chi connectivity index (χ1n) is 8.38. The smallest absolute Gasteiger partial charge is 0.322 e. The lowest BCUT2D eigenvalue weighted by Gasteiger charge is -2.20. The molecule has 1 N–H and O–H groups in total. The van der Waals surface area contributed by atoms with Gasteiger partial charge < -0.3 is 19.5 Å². The second kappa shape index (κ2) is 8.55. The van der Waals surface area contributed by atoms with E-state index in [1.54, 1.807) is 36.3 Å². The van der Waals surface area contributed by atoms with Crippen LogP contribution in [0.2, 0.25) is 5.02 Å². The van der Waals surface area contributed by atoms with Gasteiger partial charge in [0.2, 0.25) is 11.7 Å². The van der Waals surface area contributed by atoms with E-state index in [1.807, 2.05) is 31.2 Å². The Balaban J connectivity index is 1.69. The van der Waals surface area contributed by atoms with Gasteiger partial charge in [-0.2, -0.15) is 4.98 Å². The molecular formula is C19H19ClN4O3. The predicted molar refractivity (Wildman–Crippen MR) is 103 cm³/mol. The van der Waals surface area contributed by atoms with Crippen LogP contribution in [0.3, 0.4) is 0 Å². The summed E-state index contributed by atoms with van der Waals surface area (Å²) in [7, 11) is 1.55. The average Bonchev–Trinajstić information content (AvgIpc) is 3.15. The molecule has 1 aromatic heterocycles. The van der Waals surface area contributed by atoms with Gasteiger partial charge >= 0.3 is 6.03 Å². The summed E-state index contributed by atoms with van der Waals surface area (Å²) in [6.07, 6.45) is 0. The number of rotatable bonds is 6. The number of anilines is 1. The molecule has 0 bridgehead atoms. The van der Waals surface area contributed by atoms with Crippen molar-refractivity contribution in [3.8, 4) is 17.1 Å². The van der Waals surface area contributed by atoms with Crippen molar-refractivity contribution in [2.45, 2.75) is 13.5 Å². The molecule has 7 nitrogen and oxygen atoms in total. The molecule has 0 spiro atoms. The number of nitrogens with zero attached hydrogens (tertiary/aromatic N) is 3. The van der Waals surface area contributed by atoms with E-state index in [1.165, 1.54) is 0 Å². The van der Waals surface area contributed by atoms with E-state index in [0.717, 1.165) is 5.56 Å². The summed E-state index contributed by atoms with van der Waals surface area (Å²) in [5, 5.41) is 7.43. The Kier molecular flexibility index (Phi) is 5.93. The van der Waals surface area contributed by atoms with Crippen molar-refractivity contribution in [1.82, 2.24) is 15.0 Å². The standard InChI is InChI=1S/C19H19ClN4O3/c1-3-24(19(25)21-15-6-4-5-7-16(15)26-2)12-17-22-18(23-27-17)13-8-10-14(20)11-9-13/h4-11H,3,12H2,1-2H3,(H,21,25). The number of carbonyl (C=O) groups excluding carboxylic acids is 1. The third kappa shape index (κ3) is 4.57. The molecule has 0 saturated heterocycles. The number of aromatic nitrogens is 2. The fraction of sp³-hybridized carbons (Fsp3) is 0.211. The monoisotopic (exact) mass is 386 g/mol. The Morgan fingerprint density at radius 2 is 1.96 bits per heavy atom. The number of urea groups is 1. The summed E-state index contributed by atoms with van der Waals surface area (Å²) < 4.78 is 10.5. The average molecular weight is 387 g/mol. The van der Waals surface area contributed by atoms with Gasteiger partial charge in [-0.15, -0.1) is 0 Å². The van der Waals surface area contributed by atoms with E-state index in [4.69, 9.17) is 20.9 Å². The fourth-order valence-corrected chi connectivity index (χ4v) is 2.59. The third-order valence-corrected chi connectivity index (χ3v) is 4.17. The molecule has 3 rings (SSSR count). The Bertz CT molecular complexity index is 911. The molecule has 2 aromatic carbocycles. The lowest BCUT2D eigenvalue weighted by Crippen LogP contribution is -2.34. The van der Waals surface area contributed by atoms with Crippen LogP contribution in [0.15, 0.2) is 53.1 Å². The molecule has 27 heavy (non-hydrogen) atoms. The quantitative estimate of drug-likeness (QED) is 0.676. The zero-order chi connectivity index (χ0) is 19.2. The van der Waals surface area contributed by atoms with Gasteiger partial charge in [0.15, 0.2) is 0 Å². The van der Waals surface area contributed by atoms with Gasteiger partial charge in [-0.1, -0.05) is 28.9 Å². The Morgan fingerprint density at radius 3 is 2.67 bits per heavy atom. The second-order valence-electron chi connectivity index (χ2n) is 5.66. The van der Waals surface area contributed by atoms with E-state index in [2.05, 4.69) is 15.5 Å². The fourth-order valence-electron chi connectivity index (χ4n) is 2.47. The minimum atomic E-state index is -0.284. The van der Waals surface area contributed by atoms with Gasteiger partial charge in [0, 0.05) is 17.1 Å². The minimum absolute atomic E-state index is 0.193. The maximum atomic E-state index is 12.6. The lowest BCUT2D eigenvalue weighted by molar-refractivity contribution is 0.203. The lowest BCUT2D eigenvalue weighted by atomic mass is 10.2. The summed E-state index contributed by atoms with van der Waals surface area (Å²) in [6, 6.07) is 14.1. The van der Waals surface area contributed by atoms with E-state index < -0.39 is 0 Å². The number of methoxy groups -OCH3 is 1. The third-order valence-electron chi connectivity index (χ3n) is 3.91. The molecule has 0 radical (unpaired) electrons. The van der Waals surface area contributed by atoms with E-state index in [-0.39, 0.29) is 12.6 Å². The molecule has 8 heteroatoms. The molecule has 1 heterocycles. The molecule has 0 unspecified atom stereocenters. The molecule has 0 aliphatic rings. The van der Waals surface area contributed by atoms with Gasteiger partial charge in [-0.05, 0) is 43.3 Å². The Labute approximate surface area is 161 Å². The summed E-state index contributed by atoms with van der Waals surface area (Å²) in [5.41, 5.74) is 1.38. The molecule has 0 aliphatic heterocycles. The maximum Gasteiger partial charge on any atom is 0.322 e.